The van der Waals surface area contributed by atoms with Crippen molar-refractivity contribution in [1.29, 1.82) is 0 Å². The topological polar surface area (TPSA) is 25.8 Å². The Morgan fingerprint density at radius 1 is 0.279 bits per heavy atom. The highest BCUT2D eigenvalue weighted by Gasteiger charge is 2.35. The summed E-state index contributed by atoms with van der Waals surface area (Å²) in [5.74, 6) is 0.695. The van der Waals surface area contributed by atoms with Crippen LogP contribution in [-0.4, -0.2) is 9.97 Å². The molecule has 2 heteroatoms. The van der Waals surface area contributed by atoms with Crippen molar-refractivity contribution in [2.45, 2.75) is 19.3 Å². The Morgan fingerprint density at radius 3 is 1.52 bits per heavy atom. The monoisotopic (exact) mass is 778 g/mol. The molecular weight excluding hydrogens is 737 g/mol. The molecular formula is C59H42N2. The molecule has 0 unspecified atom stereocenters. The van der Waals surface area contributed by atoms with Gasteiger partial charge in [-0.1, -0.05) is 208 Å². The Bertz CT molecular complexity index is 3260. The zero-order chi connectivity index (χ0) is 40.9. The lowest BCUT2D eigenvalue weighted by atomic mass is 9.82. The van der Waals surface area contributed by atoms with Crippen LogP contribution in [0.15, 0.2) is 218 Å². The fourth-order valence-electron chi connectivity index (χ4n) is 9.41. The largest absolute Gasteiger partial charge is 0.228 e. The lowest BCUT2D eigenvalue weighted by molar-refractivity contribution is 0.660. The summed E-state index contributed by atoms with van der Waals surface area (Å²) in [7, 11) is 0. The third-order valence-electron chi connectivity index (χ3n) is 12.5. The van der Waals surface area contributed by atoms with E-state index in [0.717, 1.165) is 50.2 Å². The SMILES string of the molecule is CC1(C)c2ccccc2-c2cc(-c3cccc(-c4ccc(-c5cc(-c6ccc(-c7ccccc7)cc6-c6ccccc6)nc(-c6ccccc6)n5)c5ccccc45)c3)ccc21. The van der Waals surface area contributed by atoms with E-state index in [2.05, 4.69) is 226 Å². The molecule has 2 nitrogen and oxygen atoms in total. The fraction of sp³-hybridized carbons (Fsp3) is 0.0508. The molecule has 0 fully saturated rings. The van der Waals surface area contributed by atoms with Gasteiger partial charge in [-0.15, -0.1) is 0 Å². The standard InChI is InChI=1S/C59H42N2/c1-59(2)54-28-15-14-27-49(54)53-37-44(30-34-55(53)59)42-23-16-24-45(35-42)46-32-33-50(48-26-13-12-25-47(46)48)56-38-57(61-58(60-56)41-21-10-5-11-22-41)51-31-29-43(39-17-6-3-7-18-39)36-52(51)40-19-8-4-9-20-40/h3-38H,1-2H3. The minimum Gasteiger partial charge on any atom is -0.228 e. The van der Waals surface area contributed by atoms with Crippen molar-refractivity contribution in [3.63, 3.8) is 0 Å². The van der Waals surface area contributed by atoms with Gasteiger partial charge >= 0.3 is 0 Å². The van der Waals surface area contributed by atoms with Gasteiger partial charge in [-0.25, -0.2) is 9.97 Å². The first-order valence-electron chi connectivity index (χ1n) is 21.1. The first-order chi connectivity index (χ1) is 30.0. The van der Waals surface area contributed by atoms with E-state index in [4.69, 9.17) is 9.97 Å². The maximum absolute atomic E-state index is 5.32. The lowest BCUT2D eigenvalue weighted by Gasteiger charge is -2.21. The molecule has 0 spiro atoms. The van der Waals surface area contributed by atoms with Crippen LogP contribution in [0.4, 0.5) is 0 Å². The molecule has 288 valence electrons. The average molecular weight is 779 g/mol. The number of aromatic nitrogens is 2. The van der Waals surface area contributed by atoms with Crippen LogP contribution in [0, 0.1) is 0 Å². The van der Waals surface area contributed by atoms with Gasteiger partial charge in [-0.3, -0.25) is 0 Å². The van der Waals surface area contributed by atoms with Crippen molar-refractivity contribution >= 4 is 10.8 Å². The summed E-state index contributed by atoms with van der Waals surface area (Å²) in [6.07, 6.45) is 0. The van der Waals surface area contributed by atoms with E-state index < -0.39 is 0 Å². The third kappa shape index (κ3) is 6.45. The number of hydrogen-bond acceptors (Lipinski definition) is 2. The molecule has 0 radical (unpaired) electrons. The van der Waals surface area contributed by atoms with Gasteiger partial charge in [0.05, 0.1) is 11.4 Å². The molecule has 0 saturated carbocycles. The van der Waals surface area contributed by atoms with Gasteiger partial charge in [-0.2, -0.15) is 0 Å². The van der Waals surface area contributed by atoms with E-state index in [1.165, 1.54) is 55.5 Å². The zero-order valence-electron chi connectivity index (χ0n) is 34.2. The van der Waals surface area contributed by atoms with Crippen molar-refractivity contribution in [3.05, 3.63) is 230 Å². The van der Waals surface area contributed by atoms with Crippen LogP contribution in [-0.2, 0) is 5.41 Å². The smallest absolute Gasteiger partial charge is 0.160 e. The van der Waals surface area contributed by atoms with E-state index in [1.54, 1.807) is 0 Å². The molecule has 11 rings (SSSR count). The van der Waals surface area contributed by atoms with Gasteiger partial charge < -0.3 is 0 Å². The van der Waals surface area contributed by atoms with E-state index in [9.17, 15) is 0 Å². The summed E-state index contributed by atoms with van der Waals surface area (Å²) < 4.78 is 0. The molecule has 0 amide bonds. The zero-order valence-corrected chi connectivity index (χ0v) is 34.2. The number of fused-ring (bicyclic) bond motifs is 4. The summed E-state index contributed by atoms with van der Waals surface area (Å²) in [6, 6.07) is 78.6. The van der Waals surface area contributed by atoms with E-state index in [0.29, 0.717) is 5.82 Å². The van der Waals surface area contributed by atoms with Crippen LogP contribution in [0.5, 0.6) is 0 Å². The summed E-state index contributed by atoms with van der Waals surface area (Å²) in [6.45, 7) is 4.67. The number of nitrogens with zero attached hydrogens (tertiary/aromatic N) is 2. The maximum atomic E-state index is 5.32. The Labute approximate surface area is 357 Å². The predicted octanol–water partition coefficient (Wildman–Crippen LogP) is 15.6. The lowest BCUT2D eigenvalue weighted by Crippen LogP contribution is -2.14. The molecule has 0 atom stereocenters. The number of benzene rings is 9. The van der Waals surface area contributed by atoms with E-state index in [1.807, 2.05) is 6.07 Å². The van der Waals surface area contributed by atoms with E-state index in [-0.39, 0.29) is 5.41 Å². The summed E-state index contributed by atoms with van der Waals surface area (Å²) >= 11 is 0. The van der Waals surface area contributed by atoms with Crippen LogP contribution in [0.2, 0.25) is 0 Å². The molecule has 0 aliphatic heterocycles. The van der Waals surface area contributed by atoms with Crippen LogP contribution >= 0.6 is 0 Å². The summed E-state index contributed by atoms with van der Waals surface area (Å²) in [5.41, 5.74) is 19.7. The normalized spacial score (nSPS) is 12.6. The van der Waals surface area contributed by atoms with Crippen LogP contribution in [0.1, 0.15) is 25.0 Å². The highest BCUT2D eigenvalue weighted by atomic mass is 14.9. The van der Waals surface area contributed by atoms with Crippen molar-refractivity contribution in [3.8, 4) is 89.5 Å². The molecule has 1 aromatic heterocycles. The molecule has 1 aliphatic rings. The van der Waals surface area contributed by atoms with Gasteiger partial charge in [0.25, 0.3) is 0 Å². The van der Waals surface area contributed by atoms with Crippen LogP contribution < -0.4 is 0 Å². The van der Waals surface area contributed by atoms with E-state index >= 15 is 0 Å². The van der Waals surface area contributed by atoms with Gasteiger partial charge in [0.1, 0.15) is 0 Å². The molecule has 1 heterocycles. The highest BCUT2D eigenvalue weighted by Crippen LogP contribution is 2.50. The molecule has 9 aromatic carbocycles. The summed E-state index contributed by atoms with van der Waals surface area (Å²) in [5, 5.41) is 2.33. The maximum Gasteiger partial charge on any atom is 0.160 e. The van der Waals surface area contributed by atoms with Crippen molar-refractivity contribution in [2.24, 2.45) is 0 Å². The van der Waals surface area contributed by atoms with Gasteiger partial charge in [0.15, 0.2) is 5.82 Å². The van der Waals surface area contributed by atoms with Gasteiger partial charge in [-0.05, 0) is 102 Å². The average Bonchev–Trinajstić information content (AvgIpc) is 3.56. The van der Waals surface area contributed by atoms with Gasteiger partial charge in [0, 0.05) is 22.1 Å². The second-order valence-electron chi connectivity index (χ2n) is 16.5. The van der Waals surface area contributed by atoms with Crippen molar-refractivity contribution in [1.82, 2.24) is 9.97 Å². The minimum atomic E-state index is -0.0174. The molecule has 0 saturated heterocycles. The fourth-order valence-corrected chi connectivity index (χ4v) is 9.41. The second-order valence-corrected chi connectivity index (χ2v) is 16.5. The number of hydrogen-bond donors (Lipinski definition) is 0. The first-order valence-corrected chi connectivity index (χ1v) is 21.1. The molecule has 10 aromatic rings. The second kappa shape index (κ2) is 14.9. The highest BCUT2D eigenvalue weighted by molar-refractivity contribution is 6.05. The Morgan fingerprint density at radius 2 is 0.770 bits per heavy atom. The Hall–Kier alpha value is -7.68. The van der Waals surface area contributed by atoms with Gasteiger partial charge in [0.2, 0.25) is 0 Å². The number of rotatable bonds is 7. The minimum absolute atomic E-state index is 0.0174. The first kappa shape index (κ1) is 36.4. The van der Waals surface area contributed by atoms with Crippen molar-refractivity contribution in [2.75, 3.05) is 0 Å². The molecule has 0 N–H and O–H groups in total. The Kier molecular flexibility index (Phi) is 8.86. The third-order valence-corrected chi connectivity index (χ3v) is 12.5. The summed E-state index contributed by atoms with van der Waals surface area (Å²) in [4.78, 5) is 10.6. The molecule has 1 aliphatic carbocycles. The van der Waals surface area contributed by atoms with Crippen LogP contribution in [0.3, 0.4) is 0 Å². The van der Waals surface area contributed by atoms with Crippen LogP contribution in [0.25, 0.3) is 100 Å². The molecule has 61 heavy (non-hydrogen) atoms. The predicted molar refractivity (Wildman–Crippen MR) is 255 cm³/mol. The molecule has 0 bridgehead atoms. The Balaban J connectivity index is 1.04. The quantitative estimate of drug-likeness (QED) is 0.161. The van der Waals surface area contributed by atoms with Crippen molar-refractivity contribution < 1.29 is 0 Å².